The number of carbonyl (C=O) groups is 1. The number of methoxy groups -OCH3 is 1. The molecule has 1 N–H and O–H groups in total. The molecule has 0 unspecified atom stereocenters. The van der Waals surface area contributed by atoms with Gasteiger partial charge in [0.25, 0.3) is 11.5 Å². The van der Waals surface area contributed by atoms with Crippen LogP contribution in [0.25, 0.3) is 0 Å². The average molecular weight is 359 g/mol. The molecule has 2 aromatic rings. The molecule has 3 rings (SSSR count). The van der Waals surface area contributed by atoms with Crippen molar-refractivity contribution in [3.63, 3.8) is 0 Å². The molecule has 0 aliphatic carbocycles. The molecular formula is C19H22FN3O3. The van der Waals surface area contributed by atoms with E-state index >= 15 is 0 Å². The van der Waals surface area contributed by atoms with Crippen LogP contribution in [0.5, 0.6) is 0 Å². The van der Waals surface area contributed by atoms with Gasteiger partial charge in [0, 0.05) is 26.3 Å². The number of rotatable bonds is 4. The maximum absolute atomic E-state index is 13.9. The van der Waals surface area contributed by atoms with Crippen LogP contribution in [0.2, 0.25) is 0 Å². The molecule has 0 saturated carbocycles. The van der Waals surface area contributed by atoms with Crippen molar-refractivity contribution in [2.45, 2.75) is 25.9 Å². The molecule has 1 aliphatic rings. The molecule has 0 radical (unpaired) electrons. The summed E-state index contributed by atoms with van der Waals surface area (Å²) in [6.45, 7) is 2.55. The van der Waals surface area contributed by atoms with E-state index in [4.69, 9.17) is 4.74 Å². The van der Waals surface area contributed by atoms with Crippen molar-refractivity contribution in [1.82, 2.24) is 14.9 Å². The molecule has 0 bridgehead atoms. The van der Waals surface area contributed by atoms with E-state index in [9.17, 15) is 14.0 Å². The number of benzene rings is 1. The minimum absolute atomic E-state index is 0.120. The van der Waals surface area contributed by atoms with Gasteiger partial charge in [0.2, 0.25) is 0 Å². The van der Waals surface area contributed by atoms with Crippen LogP contribution in [0.15, 0.2) is 35.1 Å². The van der Waals surface area contributed by atoms with Crippen molar-refractivity contribution in [1.29, 1.82) is 0 Å². The summed E-state index contributed by atoms with van der Waals surface area (Å²) in [5, 5.41) is 0. The normalized spacial score (nSPS) is 20.2. The van der Waals surface area contributed by atoms with Crippen LogP contribution in [0.3, 0.4) is 0 Å². The van der Waals surface area contributed by atoms with E-state index in [1.807, 2.05) is 6.07 Å². The molecular weight excluding hydrogens is 337 g/mol. The standard InChI is InChI=1S/C19H22FN3O3/c1-12-21-16(10-18(24)22-12)19(25)23-8-7-14(17(11-23)26-2)9-13-5-3-4-6-15(13)20/h3-6,10,14,17H,7-9,11H2,1-2H3,(H,21,22,24)/t14-,17-/m1/s1. The highest BCUT2D eigenvalue weighted by Gasteiger charge is 2.33. The van der Waals surface area contributed by atoms with E-state index in [0.29, 0.717) is 37.3 Å². The molecule has 1 aromatic carbocycles. The van der Waals surface area contributed by atoms with E-state index < -0.39 is 0 Å². The second-order valence-corrected chi connectivity index (χ2v) is 6.59. The molecule has 26 heavy (non-hydrogen) atoms. The number of likely N-dealkylation sites (tertiary alicyclic amines) is 1. The Balaban J connectivity index is 1.72. The predicted molar refractivity (Wildman–Crippen MR) is 94.5 cm³/mol. The fraction of sp³-hybridized carbons (Fsp3) is 0.421. The first kappa shape index (κ1) is 18.3. The SMILES string of the molecule is CO[C@@H]1CN(C(=O)c2cc(=O)[nH]c(C)n2)CC[C@@H]1Cc1ccccc1F. The molecule has 1 aliphatic heterocycles. The summed E-state index contributed by atoms with van der Waals surface area (Å²) in [7, 11) is 1.60. The number of carbonyl (C=O) groups excluding carboxylic acids is 1. The predicted octanol–water partition coefficient (Wildman–Crippen LogP) is 1.94. The van der Waals surface area contributed by atoms with Crippen LogP contribution in [-0.4, -0.2) is 47.1 Å². The Bertz CT molecular complexity index is 852. The van der Waals surface area contributed by atoms with Gasteiger partial charge in [-0.1, -0.05) is 18.2 Å². The molecule has 0 spiro atoms. The van der Waals surface area contributed by atoms with Crippen molar-refractivity contribution in [3.05, 3.63) is 63.6 Å². The van der Waals surface area contributed by atoms with Gasteiger partial charge in [-0.2, -0.15) is 0 Å². The fourth-order valence-electron chi connectivity index (χ4n) is 3.45. The maximum Gasteiger partial charge on any atom is 0.272 e. The molecule has 7 heteroatoms. The number of aryl methyl sites for hydroxylation is 1. The van der Waals surface area contributed by atoms with Gasteiger partial charge in [0.15, 0.2) is 0 Å². The Kier molecular flexibility index (Phi) is 5.46. The second kappa shape index (κ2) is 7.78. The summed E-state index contributed by atoms with van der Waals surface area (Å²) >= 11 is 0. The first-order valence-corrected chi connectivity index (χ1v) is 8.61. The number of halogens is 1. The van der Waals surface area contributed by atoms with Crippen LogP contribution >= 0.6 is 0 Å². The van der Waals surface area contributed by atoms with E-state index in [2.05, 4.69) is 9.97 Å². The van der Waals surface area contributed by atoms with Crippen molar-refractivity contribution >= 4 is 5.91 Å². The Labute approximate surface area is 151 Å². The number of nitrogens with zero attached hydrogens (tertiary/aromatic N) is 2. The van der Waals surface area contributed by atoms with Crippen molar-refractivity contribution in [2.24, 2.45) is 5.92 Å². The molecule has 138 valence electrons. The number of hydrogen-bond donors (Lipinski definition) is 1. The van der Waals surface area contributed by atoms with Crippen LogP contribution in [-0.2, 0) is 11.2 Å². The van der Waals surface area contributed by atoms with Gasteiger partial charge in [-0.05, 0) is 37.3 Å². The monoisotopic (exact) mass is 359 g/mol. The van der Waals surface area contributed by atoms with Gasteiger partial charge in [-0.15, -0.1) is 0 Å². The highest BCUT2D eigenvalue weighted by molar-refractivity contribution is 5.92. The van der Waals surface area contributed by atoms with Gasteiger partial charge in [-0.25, -0.2) is 9.37 Å². The quantitative estimate of drug-likeness (QED) is 0.905. The van der Waals surface area contributed by atoms with Crippen LogP contribution in [0.1, 0.15) is 28.3 Å². The molecule has 1 fully saturated rings. The van der Waals surface area contributed by atoms with Crippen molar-refractivity contribution in [2.75, 3.05) is 20.2 Å². The Hall–Kier alpha value is -2.54. The number of H-pyrrole nitrogens is 1. The van der Waals surface area contributed by atoms with Gasteiger partial charge in [0.1, 0.15) is 17.3 Å². The number of nitrogens with one attached hydrogen (secondary N) is 1. The number of hydrogen-bond acceptors (Lipinski definition) is 4. The molecule has 1 aromatic heterocycles. The highest BCUT2D eigenvalue weighted by Crippen LogP contribution is 2.26. The van der Waals surface area contributed by atoms with Gasteiger partial charge >= 0.3 is 0 Å². The first-order chi connectivity index (χ1) is 12.5. The summed E-state index contributed by atoms with van der Waals surface area (Å²) in [5.41, 5.74) is 0.443. The lowest BCUT2D eigenvalue weighted by molar-refractivity contribution is -0.00738. The number of aromatic nitrogens is 2. The van der Waals surface area contributed by atoms with Gasteiger partial charge in [-0.3, -0.25) is 9.59 Å². The molecule has 2 heterocycles. The van der Waals surface area contributed by atoms with Crippen LogP contribution in [0, 0.1) is 18.7 Å². The Morgan fingerprint density at radius 2 is 2.19 bits per heavy atom. The zero-order valence-electron chi connectivity index (χ0n) is 14.9. The highest BCUT2D eigenvalue weighted by atomic mass is 19.1. The zero-order chi connectivity index (χ0) is 18.7. The van der Waals surface area contributed by atoms with Crippen LogP contribution < -0.4 is 5.56 Å². The van der Waals surface area contributed by atoms with Gasteiger partial charge in [0.05, 0.1) is 6.10 Å². The lowest BCUT2D eigenvalue weighted by Gasteiger charge is -2.37. The molecule has 1 saturated heterocycles. The summed E-state index contributed by atoms with van der Waals surface area (Å²) < 4.78 is 19.5. The van der Waals surface area contributed by atoms with Crippen molar-refractivity contribution < 1.29 is 13.9 Å². The lowest BCUT2D eigenvalue weighted by Crippen LogP contribution is -2.48. The van der Waals surface area contributed by atoms with E-state index in [1.54, 1.807) is 31.1 Å². The third-order valence-corrected chi connectivity index (χ3v) is 4.81. The Morgan fingerprint density at radius 1 is 1.42 bits per heavy atom. The van der Waals surface area contributed by atoms with E-state index in [-0.39, 0.29) is 35.0 Å². The third-order valence-electron chi connectivity index (χ3n) is 4.81. The molecule has 6 nitrogen and oxygen atoms in total. The second-order valence-electron chi connectivity index (χ2n) is 6.59. The first-order valence-electron chi connectivity index (χ1n) is 8.61. The zero-order valence-corrected chi connectivity index (χ0v) is 14.9. The number of piperidine rings is 1. The van der Waals surface area contributed by atoms with Gasteiger partial charge < -0.3 is 14.6 Å². The van der Waals surface area contributed by atoms with Crippen molar-refractivity contribution in [3.8, 4) is 0 Å². The molecule has 2 atom stereocenters. The maximum atomic E-state index is 13.9. The Morgan fingerprint density at radius 3 is 2.88 bits per heavy atom. The largest absolute Gasteiger partial charge is 0.379 e. The van der Waals surface area contributed by atoms with Crippen LogP contribution in [0.4, 0.5) is 4.39 Å². The average Bonchev–Trinajstić information content (AvgIpc) is 2.62. The topological polar surface area (TPSA) is 75.3 Å². The number of ether oxygens (including phenoxy) is 1. The summed E-state index contributed by atoms with van der Waals surface area (Å²) in [6.07, 6.45) is 1.06. The lowest BCUT2D eigenvalue weighted by atomic mass is 9.87. The number of amides is 1. The van der Waals surface area contributed by atoms with E-state index in [0.717, 1.165) is 0 Å². The molecule has 1 amide bonds. The summed E-state index contributed by atoms with van der Waals surface area (Å²) in [4.78, 5) is 32.6. The summed E-state index contributed by atoms with van der Waals surface area (Å²) in [5.74, 6) is 0.0167. The summed E-state index contributed by atoms with van der Waals surface area (Å²) in [6, 6.07) is 7.94. The number of aromatic amines is 1. The smallest absolute Gasteiger partial charge is 0.272 e. The van der Waals surface area contributed by atoms with E-state index in [1.165, 1.54) is 12.1 Å². The minimum atomic E-state index is -0.349. The minimum Gasteiger partial charge on any atom is -0.379 e. The third kappa shape index (κ3) is 3.99. The fourth-order valence-corrected chi connectivity index (χ4v) is 3.45.